The molecule has 0 amide bonds. The predicted molar refractivity (Wildman–Crippen MR) is 79.8 cm³/mol. The van der Waals surface area contributed by atoms with E-state index in [1.165, 1.54) is 24.8 Å². The first kappa shape index (κ1) is 15.2. The molecule has 0 aromatic heterocycles. The van der Waals surface area contributed by atoms with Crippen molar-refractivity contribution in [3.63, 3.8) is 0 Å². The summed E-state index contributed by atoms with van der Waals surface area (Å²) >= 11 is 7.23. The number of halogens is 3. The summed E-state index contributed by atoms with van der Waals surface area (Å²) in [6.07, 6.45) is 4.82. The molecule has 0 atom stereocenters. The largest absolute Gasteiger partial charge is 0.207 e. The molecule has 0 bridgehead atoms. The van der Waals surface area contributed by atoms with Gasteiger partial charge in [0.1, 0.15) is 5.82 Å². The third kappa shape index (κ3) is 4.06. The van der Waals surface area contributed by atoms with Crippen molar-refractivity contribution in [3.8, 4) is 0 Å². The first-order chi connectivity index (χ1) is 8.18. The van der Waals surface area contributed by atoms with Gasteiger partial charge in [-0.25, -0.2) is 4.39 Å². The lowest BCUT2D eigenvalue weighted by Gasteiger charge is -2.30. The Morgan fingerprint density at radius 2 is 1.65 bits per heavy atom. The van der Waals surface area contributed by atoms with E-state index in [9.17, 15) is 4.39 Å². The number of hydrogen-bond donors (Lipinski definition) is 0. The van der Waals surface area contributed by atoms with Gasteiger partial charge in [-0.15, -0.1) is 0 Å². The second-order valence-corrected chi connectivity index (χ2v) is 5.63. The van der Waals surface area contributed by atoms with Crippen LogP contribution in [0.3, 0.4) is 0 Å². The van der Waals surface area contributed by atoms with Crippen molar-refractivity contribution in [3.05, 3.63) is 35.6 Å². The molecule has 1 aromatic carbocycles. The van der Waals surface area contributed by atoms with Gasteiger partial charge in [-0.05, 0) is 24.1 Å². The fourth-order valence-electron chi connectivity index (χ4n) is 1.98. The Kier molecular flexibility index (Phi) is 6.71. The highest BCUT2D eigenvalue weighted by Crippen LogP contribution is 2.34. The second-order valence-electron chi connectivity index (χ2n) is 4.51. The van der Waals surface area contributed by atoms with Crippen LogP contribution in [0.5, 0.6) is 0 Å². The lowest BCUT2D eigenvalue weighted by Crippen LogP contribution is -2.30. The van der Waals surface area contributed by atoms with Crippen molar-refractivity contribution in [2.45, 2.75) is 38.0 Å². The minimum Gasteiger partial charge on any atom is -0.207 e. The number of alkyl halides is 2. The highest BCUT2D eigenvalue weighted by atomic mass is 79.9. The Balaban J connectivity index is 2.85. The lowest BCUT2D eigenvalue weighted by atomic mass is 9.80. The van der Waals surface area contributed by atoms with Gasteiger partial charge in [-0.3, -0.25) is 0 Å². The average Bonchev–Trinajstić information content (AvgIpc) is 2.37. The summed E-state index contributed by atoms with van der Waals surface area (Å²) in [5, 5.41) is 1.81. The number of unbranched alkanes of at least 4 members (excludes halogenated alkanes) is 2. The molecule has 0 aliphatic carbocycles. The lowest BCUT2D eigenvalue weighted by molar-refractivity contribution is 0.470. The molecule has 0 radical (unpaired) electrons. The van der Waals surface area contributed by atoms with Gasteiger partial charge in [0.2, 0.25) is 0 Å². The standard InChI is InChI=1S/C14H19Br2F/c1-2-3-4-9-14(10-15,11-16)12-5-7-13(17)8-6-12/h5-8H,2-4,9-11H2,1H3. The highest BCUT2D eigenvalue weighted by Gasteiger charge is 2.29. The molecule has 0 heterocycles. The topological polar surface area (TPSA) is 0 Å². The minimum absolute atomic E-state index is 0.0862. The summed E-state index contributed by atoms with van der Waals surface area (Å²) in [6, 6.07) is 6.91. The molecule has 1 rings (SSSR count). The van der Waals surface area contributed by atoms with Gasteiger partial charge in [-0.1, -0.05) is 70.2 Å². The van der Waals surface area contributed by atoms with Crippen LogP contribution in [0.2, 0.25) is 0 Å². The van der Waals surface area contributed by atoms with Gasteiger partial charge >= 0.3 is 0 Å². The maximum atomic E-state index is 13.0. The Hall–Kier alpha value is 0.110. The first-order valence-corrected chi connectivity index (χ1v) is 8.31. The van der Waals surface area contributed by atoms with Crippen LogP contribution in [0.25, 0.3) is 0 Å². The Bertz CT molecular complexity index is 317. The van der Waals surface area contributed by atoms with Gasteiger partial charge in [0.05, 0.1) is 0 Å². The minimum atomic E-state index is -0.166. The zero-order valence-electron chi connectivity index (χ0n) is 10.2. The molecule has 0 saturated heterocycles. The van der Waals surface area contributed by atoms with E-state index in [0.717, 1.165) is 17.1 Å². The van der Waals surface area contributed by atoms with Crippen molar-refractivity contribution in [1.29, 1.82) is 0 Å². The van der Waals surface area contributed by atoms with E-state index in [-0.39, 0.29) is 11.2 Å². The molecule has 0 saturated carbocycles. The Morgan fingerprint density at radius 3 is 2.12 bits per heavy atom. The summed E-state index contributed by atoms with van der Waals surface area (Å²) < 4.78 is 13.0. The monoisotopic (exact) mass is 364 g/mol. The number of hydrogen-bond acceptors (Lipinski definition) is 0. The molecule has 0 fully saturated rings. The molecule has 0 N–H and O–H groups in total. The fourth-order valence-corrected chi connectivity index (χ4v) is 4.12. The number of benzene rings is 1. The van der Waals surface area contributed by atoms with Crippen molar-refractivity contribution in [2.75, 3.05) is 10.7 Å². The van der Waals surface area contributed by atoms with E-state index in [0.29, 0.717) is 0 Å². The van der Waals surface area contributed by atoms with E-state index in [1.807, 2.05) is 12.1 Å². The molecule has 0 aliphatic heterocycles. The molecular formula is C14H19Br2F. The van der Waals surface area contributed by atoms with Crippen molar-refractivity contribution >= 4 is 31.9 Å². The summed E-state index contributed by atoms with van der Waals surface area (Å²) in [6.45, 7) is 2.21. The molecule has 17 heavy (non-hydrogen) atoms. The second kappa shape index (κ2) is 7.52. The van der Waals surface area contributed by atoms with Gasteiger partial charge in [0.15, 0.2) is 0 Å². The zero-order valence-corrected chi connectivity index (χ0v) is 13.4. The van der Waals surface area contributed by atoms with Crippen LogP contribution in [0.4, 0.5) is 4.39 Å². The van der Waals surface area contributed by atoms with Crippen molar-refractivity contribution in [1.82, 2.24) is 0 Å². The molecular weight excluding hydrogens is 347 g/mol. The molecule has 0 aliphatic rings. The maximum Gasteiger partial charge on any atom is 0.123 e. The van der Waals surface area contributed by atoms with Gasteiger partial charge < -0.3 is 0 Å². The Morgan fingerprint density at radius 1 is 1.06 bits per heavy atom. The average molecular weight is 366 g/mol. The predicted octanol–water partition coefficient (Wildman–Crippen LogP) is 5.43. The molecule has 96 valence electrons. The molecule has 0 nitrogen and oxygen atoms in total. The SMILES string of the molecule is CCCCCC(CBr)(CBr)c1ccc(F)cc1. The van der Waals surface area contributed by atoms with Crippen LogP contribution in [0.15, 0.2) is 24.3 Å². The third-order valence-corrected chi connectivity index (χ3v) is 5.37. The van der Waals surface area contributed by atoms with E-state index >= 15 is 0 Å². The fraction of sp³-hybridized carbons (Fsp3) is 0.571. The Labute approximate surface area is 120 Å². The molecule has 0 spiro atoms. The van der Waals surface area contributed by atoms with Crippen LogP contribution in [0.1, 0.15) is 38.2 Å². The summed E-state index contributed by atoms with van der Waals surface area (Å²) in [4.78, 5) is 0. The summed E-state index contributed by atoms with van der Waals surface area (Å²) in [5.74, 6) is -0.166. The van der Waals surface area contributed by atoms with E-state index in [1.54, 1.807) is 12.1 Å². The number of rotatable bonds is 7. The van der Waals surface area contributed by atoms with Gasteiger partial charge in [0.25, 0.3) is 0 Å². The van der Waals surface area contributed by atoms with Crippen LogP contribution < -0.4 is 0 Å². The molecule has 3 heteroatoms. The first-order valence-electron chi connectivity index (χ1n) is 6.06. The summed E-state index contributed by atoms with van der Waals surface area (Å²) in [5.41, 5.74) is 1.30. The quantitative estimate of drug-likeness (QED) is 0.446. The van der Waals surface area contributed by atoms with Crippen molar-refractivity contribution in [2.24, 2.45) is 0 Å². The van der Waals surface area contributed by atoms with Crippen molar-refractivity contribution < 1.29 is 4.39 Å². The van der Waals surface area contributed by atoms with E-state index < -0.39 is 0 Å². The van der Waals surface area contributed by atoms with E-state index in [2.05, 4.69) is 38.8 Å². The molecule has 0 unspecified atom stereocenters. The third-order valence-electron chi connectivity index (χ3n) is 3.23. The van der Waals surface area contributed by atoms with Gasteiger partial charge in [-0.2, -0.15) is 0 Å². The van der Waals surface area contributed by atoms with Crippen LogP contribution in [0, 0.1) is 5.82 Å². The van der Waals surface area contributed by atoms with Crippen LogP contribution in [-0.2, 0) is 5.41 Å². The highest BCUT2D eigenvalue weighted by molar-refractivity contribution is 9.09. The maximum absolute atomic E-state index is 13.0. The van der Waals surface area contributed by atoms with Gasteiger partial charge in [0, 0.05) is 16.1 Å². The summed E-state index contributed by atoms with van der Waals surface area (Å²) in [7, 11) is 0. The normalized spacial score (nSPS) is 11.8. The molecule has 1 aromatic rings. The smallest absolute Gasteiger partial charge is 0.123 e. The zero-order chi connectivity index (χ0) is 12.7. The van der Waals surface area contributed by atoms with E-state index in [4.69, 9.17) is 0 Å². The van der Waals surface area contributed by atoms with Crippen LogP contribution >= 0.6 is 31.9 Å². The van der Waals surface area contributed by atoms with Crippen LogP contribution in [-0.4, -0.2) is 10.7 Å².